The number of aryl methyl sites for hydroxylation is 2. The summed E-state index contributed by atoms with van der Waals surface area (Å²) < 4.78 is 5.56. The standard InChI is InChI=1S/C17H27NO/c1-10-8-11(2)13(12(9-10)19-7)14(18)15-16(3,4)17(15,5)6/h8-9,14-15H,18H2,1-7H3. The lowest BCUT2D eigenvalue weighted by Gasteiger charge is -2.21. The Kier molecular flexibility index (Phi) is 3.21. The molecule has 0 bridgehead atoms. The van der Waals surface area contributed by atoms with Crippen LogP contribution in [0.3, 0.4) is 0 Å². The maximum Gasteiger partial charge on any atom is 0.124 e. The van der Waals surface area contributed by atoms with E-state index < -0.39 is 0 Å². The molecule has 0 saturated heterocycles. The molecular weight excluding hydrogens is 234 g/mol. The highest BCUT2D eigenvalue weighted by Gasteiger charge is 2.67. The highest BCUT2D eigenvalue weighted by Crippen LogP contribution is 2.72. The highest BCUT2D eigenvalue weighted by atomic mass is 16.5. The zero-order chi connectivity index (χ0) is 14.6. The van der Waals surface area contributed by atoms with E-state index in [0.29, 0.717) is 5.92 Å². The predicted molar refractivity (Wildman–Crippen MR) is 80.4 cm³/mol. The van der Waals surface area contributed by atoms with Crippen molar-refractivity contribution < 1.29 is 4.74 Å². The molecule has 1 aliphatic carbocycles. The van der Waals surface area contributed by atoms with E-state index in [0.717, 1.165) is 5.75 Å². The Balaban J connectivity index is 2.44. The zero-order valence-corrected chi connectivity index (χ0v) is 13.3. The summed E-state index contributed by atoms with van der Waals surface area (Å²) in [5, 5.41) is 0. The van der Waals surface area contributed by atoms with Crippen LogP contribution in [0.25, 0.3) is 0 Å². The Morgan fingerprint density at radius 1 is 1.11 bits per heavy atom. The lowest BCUT2D eigenvalue weighted by molar-refractivity contribution is 0.395. The summed E-state index contributed by atoms with van der Waals surface area (Å²) in [6.45, 7) is 13.5. The smallest absolute Gasteiger partial charge is 0.124 e. The second-order valence-corrected chi connectivity index (χ2v) is 7.14. The van der Waals surface area contributed by atoms with Crippen LogP contribution in [0.5, 0.6) is 5.75 Å². The van der Waals surface area contributed by atoms with Gasteiger partial charge in [-0.25, -0.2) is 0 Å². The number of methoxy groups -OCH3 is 1. The predicted octanol–water partition coefficient (Wildman–Crippen LogP) is 3.99. The van der Waals surface area contributed by atoms with E-state index >= 15 is 0 Å². The van der Waals surface area contributed by atoms with Crippen LogP contribution < -0.4 is 10.5 Å². The Morgan fingerprint density at radius 3 is 2.05 bits per heavy atom. The fourth-order valence-electron chi connectivity index (χ4n) is 3.85. The molecule has 106 valence electrons. The van der Waals surface area contributed by atoms with E-state index in [9.17, 15) is 0 Å². The van der Waals surface area contributed by atoms with Gasteiger partial charge in [0.25, 0.3) is 0 Å². The lowest BCUT2D eigenvalue weighted by atomic mass is 9.92. The van der Waals surface area contributed by atoms with E-state index in [1.807, 2.05) is 0 Å². The summed E-state index contributed by atoms with van der Waals surface area (Å²) in [6.07, 6.45) is 0. The molecule has 0 radical (unpaired) electrons. The molecule has 2 rings (SSSR count). The van der Waals surface area contributed by atoms with Gasteiger partial charge in [0, 0.05) is 11.6 Å². The molecule has 1 unspecified atom stereocenters. The average molecular weight is 261 g/mol. The molecule has 0 heterocycles. The van der Waals surface area contributed by atoms with Crippen LogP contribution in [-0.4, -0.2) is 7.11 Å². The minimum atomic E-state index is 0.0422. The molecule has 1 fully saturated rings. The van der Waals surface area contributed by atoms with Gasteiger partial charge in [0.05, 0.1) is 7.11 Å². The zero-order valence-electron chi connectivity index (χ0n) is 13.3. The molecule has 2 nitrogen and oxygen atoms in total. The SMILES string of the molecule is COc1cc(C)cc(C)c1C(N)C1C(C)(C)C1(C)C. The van der Waals surface area contributed by atoms with Gasteiger partial charge in [-0.2, -0.15) is 0 Å². The fourth-order valence-corrected chi connectivity index (χ4v) is 3.85. The van der Waals surface area contributed by atoms with E-state index in [-0.39, 0.29) is 16.9 Å². The van der Waals surface area contributed by atoms with Gasteiger partial charge in [-0.1, -0.05) is 33.8 Å². The van der Waals surface area contributed by atoms with Crippen LogP contribution in [0, 0.1) is 30.6 Å². The van der Waals surface area contributed by atoms with Gasteiger partial charge in [-0.15, -0.1) is 0 Å². The maximum atomic E-state index is 6.60. The second kappa shape index (κ2) is 4.24. The number of ether oxygens (including phenoxy) is 1. The first-order valence-electron chi connectivity index (χ1n) is 7.05. The van der Waals surface area contributed by atoms with Gasteiger partial charge in [0.15, 0.2) is 0 Å². The Labute approximate surface area is 117 Å². The summed E-state index contributed by atoms with van der Waals surface area (Å²) in [7, 11) is 1.73. The van der Waals surface area contributed by atoms with Crippen molar-refractivity contribution in [2.24, 2.45) is 22.5 Å². The van der Waals surface area contributed by atoms with E-state index in [4.69, 9.17) is 10.5 Å². The number of benzene rings is 1. The first kappa shape index (κ1) is 14.4. The van der Waals surface area contributed by atoms with Crippen molar-refractivity contribution in [1.82, 2.24) is 0 Å². The normalized spacial score (nSPS) is 22.1. The minimum absolute atomic E-state index is 0.0422. The second-order valence-electron chi connectivity index (χ2n) is 7.14. The molecule has 0 spiro atoms. The third-order valence-electron chi connectivity index (χ3n) is 5.54. The monoisotopic (exact) mass is 261 g/mol. The van der Waals surface area contributed by atoms with Crippen LogP contribution in [0.4, 0.5) is 0 Å². The lowest BCUT2D eigenvalue weighted by Crippen LogP contribution is -2.19. The van der Waals surface area contributed by atoms with Crippen molar-refractivity contribution in [1.29, 1.82) is 0 Å². The molecule has 1 atom stereocenters. The molecule has 0 aromatic heterocycles. The molecule has 2 heteroatoms. The van der Waals surface area contributed by atoms with Crippen molar-refractivity contribution >= 4 is 0 Å². The fraction of sp³-hybridized carbons (Fsp3) is 0.647. The van der Waals surface area contributed by atoms with Crippen LogP contribution in [-0.2, 0) is 0 Å². The third-order valence-corrected chi connectivity index (χ3v) is 5.54. The van der Waals surface area contributed by atoms with Crippen molar-refractivity contribution in [2.75, 3.05) is 7.11 Å². The molecule has 1 aromatic rings. The average Bonchev–Trinajstić information content (AvgIpc) is 2.67. The summed E-state index contributed by atoms with van der Waals surface area (Å²) in [5.74, 6) is 1.43. The number of nitrogens with two attached hydrogens (primary N) is 1. The Bertz CT molecular complexity index is 488. The van der Waals surface area contributed by atoms with Gasteiger partial charge in [-0.05, 0) is 47.8 Å². The van der Waals surface area contributed by atoms with E-state index in [1.165, 1.54) is 16.7 Å². The Morgan fingerprint density at radius 2 is 1.63 bits per heavy atom. The highest BCUT2D eigenvalue weighted by molar-refractivity contribution is 5.46. The van der Waals surface area contributed by atoms with Crippen LogP contribution in [0.15, 0.2) is 12.1 Å². The molecule has 1 saturated carbocycles. The first-order chi connectivity index (χ1) is 8.64. The summed E-state index contributed by atoms with van der Waals surface area (Å²) in [6, 6.07) is 4.32. The van der Waals surface area contributed by atoms with Gasteiger partial charge in [0.1, 0.15) is 5.75 Å². The van der Waals surface area contributed by atoms with Gasteiger partial charge in [0.2, 0.25) is 0 Å². The van der Waals surface area contributed by atoms with E-state index in [2.05, 4.69) is 53.7 Å². The van der Waals surface area contributed by atoms with Gasteiger partial charge < -0.3 is 10.5 Å². The Hall–Kier alpha value is -1.02. The van der Waals surface area contributed by atoms with Crippen LogP contribution in [0.1, 0.15) is 50.4 Å². The summed E-state index contributed by atoms with van der Waals surface area (Å²) >= 11 is 0. The molecule has 0 aliphatic heterocycles. The number of hydrogen-bond acceptors (Lipinski definition) is 2. The maximum absolute atomic E-state index is 6.60. The largest absolute Gasteiger partial charge is 0.496 e. The van der Waals surface area contributed by atoms with Crippen molar-refractivity contribution in [3.8, 4) is 5.75 Å². The van der Waals surface area contributed by atoms with Crippen LogP contribution in [0.2, 0.25) is 0 Å². The molecule has 19 heavy (non-hydrogen) atoms. The summed E-state index contributed by atoms with van der Waals surface area (Å²) in [5.41, 5.74) is 10.8. The van der Waals surface area contributed by atoms with Gasteiger partial charge in [-0.3, -0.25) is 0 Å². The van der Waals surface area contributed by atoms with Crippen molar-refractivity contribution in [3.63, 3.8) is 0 Å². The molecule has 1 aromatic carbocycles. The topological polar surface area (TPSA) is 35.2 Å². The van der Waals surface area contributed by atoms with Crippen LogP contribution >= 0.6 is 0 Å². The number of rotatable bonds is 3. The molecule has 2 N–H and O–H groups in total. The minimum Gasteiger partial charge on any atom is -0.496 e. The quantitative estimate of drug-likeness (QED) is 0.892. The van der Waals surface area contributed by atoms with E-state index in [1.54, 1.807) is 7.11 Å². The van der Waals surface area contributed by atoms with Crippen molar-refractivity contribution in [3.05, 3.63) is 28.8 Å². The molecule has 0 amide bonds. The summed E-state index contributed by atoms with van der Waals surface area (Å²) in [4.78, 5) is 0. The molecule has 1 aliphatic rings. The number of hydrogen-bond donors (Lipinski definition) is 1. The first-order valence-corrected chi connectivity index (χ1v) is 7.05. The molecular formula is C17H27NO. The van der Waals surface area contributed by atoms with Gasteiger partial charge >= 0.3 is 0 Å². The van der Waals surface area contributed by atoms with Crippen molar-refractivity contribution in [2.45, 2.75) is 47.6 Å². The third kappa shape index (κ3) is 1.97.